The molecule has 11 nitrogen and oxygen atoms in total. The number of imidazole rings is 1. The van der Waals surface area contributed by atoms with Gasteiger partial charge in [0.15, 0.2) is 11.5 Å². The van der Waals surface area contributed by atoms with Crippen molar-refractivity contribution < 1.29 is 13.2 Å². The first-order valence-corrected chi connectivity index (χ1v) is 16.5. The lowest BCUT2D eigenvalue weighted by molar-refractivity contribution is 0.0927. The number of fused-ring (bicyclic) bond motifs is 1. The Balaban J connectivity index is 1.27. The minimum Gasteiger partial charge on any atom is -0.349 e. The quantitative estimate of drug-likeness (QED) is 0.326. The van der Waals surface area contributed by atoms with Crippen molar-refractivity contribution in [3.8, 4) is 11.3 Å². The van der Waals surface area contributed by atoms with Crippen LogP contribution in [0.25, 0.3) is 22.5 Å². The monoisotopic (exact) mass is 594 g/mol. The molecule has 0 atom stereocenters. The molecule has 41 heavy (non-hydrogen) atoms. The van der Waals surface area contributed by atoms with Crippen molar-refractivity contribution in [3.63, 3.8) is 0 Å². The van der Waals surface area contributed by atoms with Gasteiger partial charge in [0, 0.05) is 44.1 Å². The second-order valence-electron chi connectivity index (χ2n) is 10.8. The number of nitrogens with zero attached hydrogens (tertiary/aromatic N) is 6. The first kappa shape index (κ1) is 27.6. The third-order valence-electron chi connectivity index (χ3n) is 7.74. The molecule has 1 aliphatic carbocycles. The summed E-state index contributed by atoms with van der Waals surface area (Å²) in [5, 5.41) is 11.7. The fraction of sp³-hybridized carbons (Fsp3) is 0.429. The Hall–Kier alpha value is -3.55. The molecular formula is C28H34N8O3S2. The van der Waals surface area contributed by atoms with Crippen molar-refractivity contribution >= 4 is 49.3 Å². The zero-order valence-electron chi connectivity index (χ0n) is 23.4. The van der Waals surface area contributed by atoms with E-state index in [1.807, 2.05) is 38.6 Å². The molecule has 1 fully saturated rings. The summed E-state index contributed by atoms with van der Waals surface area (Å²) in [7, 11) is -1.31. The predicted molar refractivity (Wildman–Crippen MR) is 161 cm³/mol. The lowest BCUT2D eigenvalue weighted by Crippen LogP contribution is -2.46. The molecule has 6 rings (SSSR count). The normalized spacial score (nSPS) is 17.1. The number of nitrogens with one attached hydrogen (secondary N) is 2. The summed E-state index contributed by atoms with van der Waals surface area (Å²) in [5.74, 6) is 0.489. The summed E-state index contributed by atoms with van der Waals surface area (Å²) in [6.07, 6.45) is 16.8. The first-order chi connectivity index (χ1) is 19.7. The fourth-order valence-corrected chi connectivity index (χ4v) is 7.38. The molecule has 2 aliphatic rings. The Bertz CT molecular complexity index is 1740. The number of hydrogen-bond donors (Lipinski definition) is 2. The molecular weight excluding hydrogens is 560 g/mol. The van der Waals surface area contributed by atoms with E-state index >= 15 is 0 Å². The molecule has 1 saturated heterocycles. The third kappa shape index (κ3) is 5.79. The molecule has 2 N–H and O–H groups in total. The molecule has 216 valence electrons. The topological polar surface area (TPSA) is 127 Å². The molecule has 0 radical (unpaired) electrons. The lowest BCUT2D eigenvalue weighted by Gasteiger charge is -2.30. The zero-order valence-corrected chi connectivity index (χ0v) is 25.1. The van der Waals surface area contributed by atoms with Gasteiger partial charge in [0.05, 0.1) is 39.9 Å². The summed E-state index contributed by atoms with van der Waals surface area (Å²) in [5.41, 5.74) is 5.60. The molecule has 0 unspecified atom stereocenters. The van der Waals surface area contributed by atoms with Crippen LogP contribution in [0.2, 0.25) is 0 Å². The second-order valence-corrected chi connectivity index (χ2v) is 13.9. The molecule has 0 spiro atoms. The van der Waals surface area contributed by atoms with E-state index in [0.717, 1.165) is 46.8 Å². The van der Waals surface area contributed by atoms with Gasteiger partial charge in [-0.15, -0.1) is 11.3 Å². The van der Waals surface area contributed by atoms with Crippen LogP contribution in [0.5, 0.6) is 0 Å². The number of aryl methyl sites for hydroxylation is 2. The summed E-state index contributed by atoms with van der Waals surface area (Å²) in [6, 6.07) is 1.90. The van der Waals surface area contributed by atoms with Crippen LogP contribution in [0.4, 0.5) is 10.8 Å². The number of thiophene rings is 1. The van der Waals surface area contributed by atoms with Gasteiger partial charge in [-0.1, -0.05) is 6.08 Å². The van der Waals surface area contributed by atoms with Crippen LogP contribution in [0.3, 0.4) is 0 Å². The van der Waals surface area contributed by atoms with E-state index in [1.54, 1.807) is 4.68 Å². The van der Waals surface area contributed by atoms with Crippen LogP contribution in [-0.2, 0) is 17.1 Å². The molecule has 0 aromatic carbocycles. The number of hydrogen-bond acceptors (Lipinski definition) is 8. The molecule has 4 aromatic heterocycles. The highest BCUT2D eigenvalue weighted by Crippen LogP contribution is 2.34. The molecule has 1 aliphatic heterocycles. The summed E-state index contributed by atoms with van der Waals surface area (Å²) >= 11 is 1.38. The Morgan fingerprint density at radius 1 is 1.15 bits per heavy atom. The average molecular weight is 595 g/mol. The number of rotatable bonds is 7. The van der Waals surface area contributed by atoms with Gasteiger partial charge in [-0.3, -0.25) is 13.9 Å². The van der Waals surface area contributed by atoms with Crippen LogP contribution >= 0.6 is 11.3 Å². The van der Waals surface area contributed by atoms with Gasteiger partial charge < -0.3 is 10.6 Å². The minimum atomic E-state index is -3.21. The van der Waals surface area contributed by atoms with Crippen molar-refractivity contribution in [2.24, 2.45) is 7.05 Å². The van der Waals surface area contributed by atoms with Crippen molar-refractivity contribution in [3.05, 3.63) is 53.1 Å². The maximum Gasteiger partial charge on any atom is 0.261 e. The highest BCUT2D eigenvalue weighted by molar-refractivity contribution is 7.88. The number of aromatic nitrogens is 5. The van der Waals surface area contributed by atoms with Crippen LogP contribution < -0.4 is 10.6 Å². The average Bonchev–Trinajstić information content (AvgIpc) is 3.67. The molecule has 4 aromatic rings. The van der Waals surface area contributed by atoms with E-state index < -0.39 is 10.0 Å². The van der Waals surface area contributed by atoms with Gasteiger partial charge in [-0.05, 0) is 62.7 Å². The third-order valence-corrected chi connectivity index (χ3v) is 10.2. The Morgan fingerprint density at radius 2 is 1.95 bits per heavy atom. The van der Waals surface area contributed by atoms with Crippen LogP contribution in [0.1, 0.15) is 59.5 Å². The fourth-order valence-electron chi connectivity index (χ4n) is 5.53. The summed E-state index contributed by atoms with van der Waals surface area (Å²) in [4.78, 5) is 23.5. The number of allylic oxidation sites excluding steroid dienone is 2. The van der Waals surface area contributed by atoms with E-state index in [0.29, 0.717) is 42.3 Å². The molecule has 0 saturated carbocycles. The van der Waals surface area contributed by atoms with Crippen molar-refractivity contribution in [2.45, 2.75) is 51.5 Å². The maximum atomic E-state index is 13.2. The van der Waals surface area contributed by atoms with E-state index in [-0.39, 0.29) is 11.9 Å². The zero-order chi connectivity index (χ0) is 28.7. The van der Waals surface area contributed by atoms with Gasteiger partial charge in [-0.2, -0.15) is 5.10 Å². The molecule has 0 bridgehead atoms. The molecule has 5 heterocycles. The molecule has 1 amide bonds. The first-order valence-electron chi connectivity index (χ1n) is 13.9. The molecule has 13 heteroatoms. The second kappa shape index (κ2) is 11.0. The number of carbonyl (C=O) groups excluding carboxylic acids is 1. The van der Waals surface area contributed by atoms with Gasteiger partial charge in [0.25, 0.3) is 5.91 Å². The van der Waals surface area contributed by atoms with Crippen LogP contribution in [0, 0.1) is 6.92 Å². The number of amides is 1. The van der Waals surface area contributed by atoms with E-state index in [2.05, 4.69) is 32.4 Å². The highest BCUT2D eigenvalue weighted by atomic mass is 32.2. The number of carbonyl (C=O) groups is 1. The maximum absolute atomic E-state index is 13.2. The Labute approximate surface area is 243 Å². The van der Waals surface area contributed by atoms with Gasteiger partial charge in [0.2, 0.25) is 10.0 Å². The Kier molecular flexibility index (Phi) is 7.43. The summed E-state index contributed by atoms with van der Waals surface area (Å²) in [6.45, 7) is 2.75. The number of sulfonamides is 1. The minimum absolute atomic E-state index is 0.0593. The van der Waals surface area contributed by atoms with Crippen LogP contribution in [-0.4, -0.2) is 68.2 Å². The van der Waals surface area contributed by atoms with E-state index in [9.17, 15) is 13.2 Å². The smallest absolute Gasteiger partial charge is 0.261 e. The van der Waals surface area contributed by atoms with Crippen LogP contribution in [0.15, 0.2) is 36.9 Å². The lowest BCUT2D eigenvalue weighted by atomic mass is 9.97. The Morgan fingerprint density at radius 3 is 2.63 bits per heavy atom. The highest BCUT2D eigenvalue weighted by Gasteiger charge is 2.27. The van der Waals surface area contributed by atoms with Crippen molar-refractivity contribution in [1.82, 2.24) is 33.8 Å². The van der Waals surface area contributed by atoms with Crippen molar-refractivity contribution in [1.29, 1.82) is 0 Å². The van der Waals surface area contributed by atoms with Crippen molar-refractivity contribution in [2.75, 3.05) is 24.7 Å². The number of piperidine rings is 1. The van der Waals surface area contributed by atoms with E-state index in [4.69, 9.17) is 9.97 Å². The summed E-state index contributed by atoms with van der Waals surface area (Å²) < 4.78 is 28.9. The standard InChI is InChI=1S/C28H34N8O3S2/c1-18-13-24(40-25(18)28(37)31-21-9-11-35(12-10-21)41(3,38)39)33-26-27-29-15-23(20-14-30-34(2)16-20)36(27)17-22(32-26)19-7-5-4-6-8-19/h7,13-17,21H,4-6,8-12H2,1-3H3,(H,31,37)(H,32,33). The van der Waals surface area contributed by atoms with Gasteiger partial charge >= 0.3 is 0 Å². The predicted octanol–water partition coefficient (Wildman–Crippen LogP) is 4.35. The van der Waals surface area contributed by atoms with Gasteiger partial charge in [0.1, 0.15) is 0 Å². The largest absolute Gasteiger partial charge is 0.349 e. The number of anilines is 2. The van der Waals surface area contributed by atoms with Gasteiger partial charge in [-0.25, -0.2) is 22.7 Å². The SMILES string of the molecule is Cc1cc(Nc2nc(C3=CCCCC3)cn3c(-c4cnn(C)c4)cnc23)sc1C(=O)NC1CCN(S(C)(=O)=O)CC1. The van der Waals surface area contributed by atoms with E-state index in [1.165, 1.54) is 33.9 Å².